The van der Waals surface area contributed by atoms with Crippen molar-refractivity contribution >= 4 is 5.91 Å². The molecule has 3 rings (SSSR count). The fraction of sp³-hybridized carbons (Fsp3) is 0.500. The van der Waals surface area contributed by atoms with Gasteiger partial charge in [0.05, 0.1) is 18.8 Å². The van der Waals surface area contributed by atoms with Gasteiger partial charge < -0.3 is 9.42 Å². The van der Waals surface area contributed by atoms with Crippen LogP contribution in [0.1, 0.15) is 29.1 Å². The molecule has 100 valence electrons. The van der Waals surface area contributed by atoms with E-state index in [9.17, 15) is 4.79 Å². The summed E-state index contributed by atoms with van der Waals surface area (Å²) in [5, 5.41) is 11.5. The number of nitrogens with zero attached hydrogens (tertiary/aromatic N) is 5. The van der Waals surface area contributed by atoms with Gasteiger partial charge in [0.15, 0.2) is 5.69 Å². The van der Waals surface area contributed by atoms with Crippen LogP contribution in [-0.4, -0.2) is 43.5 Å². The summed E-state index contributed by atoms with van der Waals surface area (Å²) < 4.78 is 6.72. The van der Waals surface area contributed by atoms with E-state index in [0.717, 1.165) is 19.4 Å². The van der Waals surface area contributed by atoms with Crippen LogP contribution in [0.2, 0.25) is 0 Å². The molecule has 0 aliphatic carbocycles. The maximum absolute atomic E-state index is 12.4. The molecule has 7 nitrogen and oxygen atoms in total. The second-order valence-corrected chi connectivity index (χ2v) is 4.74. The quantitative estimate of drug-likeness (QED) is 0.819. The Morgan fingerprint density at radius 2 is 2.47 bits per heavy atom. The molecular weight excluding hydrogens is 246 g/mol. The molecule has 0 spiro atoms. The van der Waals surface area contributed by atoms with Crippen LogP contribution >= 0.6 is 0 Å². The van der Waals surface area contributed by atoms with Crippen molar-refractivity contribution in [2.45, 2.75) is 32.4 Å². The molecule has 19 heavy (non-hydrogen) atoms. The highest BCUT2D eigenvalue weighted by Crippen LogP contribution is 2.21. The molecule has 1 amide bonds. The Morgan fingerprint density at radius 3 is 3.16 bits per heavy atom. The summed E-state index contributed by atoms with van der Waals surface area (Å²) in [6.07, 6.45) is 5.42. The number of aromatic nitrogens is 4. The Labute approximate surface area is 110 Å². The van der Waals surface area contributed by atoms with Gasteiger partial charge in [0, 0.05) is 18.8 Å². The molecule has 0 saturated carbocycles. The summed E-state index contributed by atoms with van der Waals surface area (Å²) >= 11 is 0. The van der Waals surface area contributed by atoms with E-state index in [2.05, 4.69) is 15.5 Å². The maximum atomic E-state index is 12.4. The molecule has 0 radical (unpaired) electrons. The van der Waals surface area contributed by atoms with Crippen molar-refractivity contribution in [3.05, 3.63) is 29.9 Å². The lowest BCUT2D eigenvalue weighted by Crippen LogP contribution is -2.38. The molecule has 1 fully saturated rings. The Kier molecular flexibility index (Phi) is 3.02. The topological polar surface area (TPSA) is 77.1 Å². The summed E-state index contributed by atoms with van der Waals surface area (Å²) in [5.74, 6) is 0.579. The van der Waals surface area contributed by atoms with Gasteiger partial charge >= 0.3 is 0 Å². The molecule has 1 aliphatic heterocycles. The first-order valence-corrected chi connectivity index (χ1v) is 6.32. The first kappa shape index (κ1) is 11.9. The highest BCUT2D eigenvalue weighted by atomic mass is 16.5. The number of carbonyl (C=O) groups is 1. The lowest BCUT2D eigenvalue weighted by molar-refractivity contribution is 0.0710. The minimum Gasteiger partial charge on any atom is -0.361 e. The van der Waals surface area contributed by atoms with Crippen LogP contribution < -0.4 is 0 Å². The lowest BCUT2D eigenvalue weighted by atomic mass is 10.2. The fourth-order valence-electron chi connectivity index (χ4n) is 2.45. The van der Waals surface area contributed by atoms with Gasteiger partial charge in [-0.15, -0.1) is 5.10 Å². The number of hydrogen-bond donors (Lipinski definition) is 0. The van der Waals surface area contributed by atoms with E-state index < -0.39 is 0 Å². The molecule has 3 heterocycles. The normalized spacial score (nSPS) is 19.0. The predicted molar refractivity (Wildman–Crippen MR) is 65.3 cm³/mol. The predicted octanol–water partition coefficient (Wildman–Crippen LogP) is 0.879. The fourth-order valence-corrected chi connectivity index (χ4v) is 2.45. The molecule has 2 aromatic heterocycles. The van der Waals surface area contributed by atoms with Crippen LogP contribution in [0, 0.1) is 6.92 Å². The lowest BCUT2D eigenvalue weighted by Gasteiger charge is -2.23. The zero-order valence-electron chi connectivity index (χ0n) is 10.7. The second-order valence-electron chi connectivity index (χ2n) is 4.74. The van der Waals surface area contributed by atoms with Gasteiger partial charge in [0.25, 0.3) is 5.91 Å². The molecule has 2 aromatic rings. The van der Waals surface area contributed by atoms with Crippen LogP contribution in [-0.2, 0) is 6.54 Å². The van der Waals surface area contributed by atoms with E-state index in [1.807, 2.05) is 4.90 Å². The largest absolute Gasteiger partial charge is 0.361 e. The van der Waals surface area contributed by atoms with Gasteiger partial charge in [-0.2, -0.15) is 0 Å². The highest BCUT2D eigenvalue weighted by molar-refractivity contribution is 5.92. The van der Waals surface area contributed by atoms with Gasteiger partial charge in [-0.3, -0.25) is 9.48 Å². The average Bonchev–Trinajstić information content (AvgIpc) is 3.10. The van der Waals surface area contributed by atoms with Crippen molar-refractivity contribution in [2.24, 2.45) is 0 Å². The van der Waals surface area contributed by atoms with Crippen LogP contribution in [0.3, 0.4) is 0 Å². The van der Waals surface area contributed by atoms with Gasteiger partial charge in [-0.25, -0.2) is 0 Å². The summed E-state index contributed by atoms with van der Waals surface area (Å²) in [6, 6.07) is 1.82. The van der Waals surface area contributed by atoms with E-state index >= 15 is 0 Å². The highest BCUT2D eigenvalue weighted by Gasteiger charge is 2.31. The van der Waals surface area contributed by atoms with E-state index in [0.29, 0.717) is 18.0 Å². The number of hydrogen-bond acceptors (Lipinski definition) is 5. The van der Waals surface area contributed by atoms with Crippen molar-refractivity contribution in [3.63, 3.8) is 0 Å². The zero-order chi connectivity index (χ0) is 13.2. The van der Waals surface area contributed by atoms with Crippen LogP contribution in [0.4, 0.5) is 0 Å². The Hall–Kier alpha value is -2.18. The summed E-state index contributed by atoms with van der Waals surface area (Å²) in [5.41, 5.74) is 0.378. The maximum Gasteiger partial charge on any atom is 0.276 e. The molecular formula is C12H15N5O2. The molecule has 1 saturated heterocycles. The number of carbonyl (C=O) groups excluding carboxylic acids is 1. The van der Waals surface area contributed by atoms with E-state index in [1.54, 1.807) is 30.1 Å². The Morgan fingerprint density at radius 1 is 1.58 bits per heavy atom. The minimum atomic E-state index is -0.0699. The molecule has 0 bridgehead atoms. The zero-order valence-corrected chi connectivity index (χ0v) is 10.7. The standard InChI is InChI=1S/C12H15N5O2/c1-9-7-11(14-19-9)12(18)17-5-2-3-10(17)8-16-6-4-13-15-16/h4,6-7,10H,2-3,5,8H2,1H3/t10-/m0/s1. The second kappa shape index (κ2) is 4.83. The van der Waals surface area contributed by atoms with Crippen molar-refractivity contribution in [3.8, 4) is 0 Å². The summed E-state index contributed by atoms with van der Waals surface area (Å²) in [6.45, 7) is 3.20. The van der Waals surface area contributed by atoms with Crippen LogP contribution in [0.5, 0.6) is 0 Å². The third kappa shape index (κ3) is 2.35. The molecule has 1 atom stereocenters. The number of rotatable bonds is 3. The molecule has 0 aromatic carbocycles. The van der Waals surface area contributed by atoms with Gasteiger partial charge in [0.1, 0.15) is 5.76 Å². The van der Waals surface area contributed by atoms with E-state index in [1.165, 1.54) is 0 Å². The number of likely N-dealkylation sites (tertiary alicyclic amines) is 1. The van der Waals surface area contributed by atoms with Gasteiger partial charge in [-0.05, 0) is 19.8 Å². The molecule has 1 aliphatic rings. The number of aryl methyl sites for hydroxylation is 1. The first-order chi connectivity index (χ1) is 9.24. The van der Waals surface area contributed by atoms with Gasteiger partial charge in [0.2, 0.25) is 0 Å². The van der Waals surface area contributed by atoms with E-state index in [4.69, 9.17) is 4.52 Å². The SMILES string of the molecule is Cc1cc(C(=O)N2CCC[C@H]2Cn2ccnn2)no1. The molecule has 7 heteroatoms. The van der Waals surface area contributed by atoms with Crippen molar-refractivity contribution < 1.29 is 9.32 Å². The Balaban J connectivity index is 1.74. The third-order valence-electron chi connectivity index (χ3n) is 3.35. The molecule has 0 unspecified atom stereocenters. The smallest absolute Gasteiger partial charge is 0.276 e. The third-order valence-corrected chi connectivity index (χ3v) is 3.35. The van der Waals surface area contributed by atoms with Crippen LogP contribution in [0.15, 0.2) is 23.0 Å². The Bertz CT molecular complexity index is 562. The monoisotopic (exact) mass is 261 g/mol. The summed E-state index contributed by atoms with van der Waals surface area (Å²) in [4.78, 5) is 14.2. The average molecular weight is 261 g/mol. The molecule has 0 N–H and O–H groups in total. The summed E-state index contributed by atoms with van der Waals surface area (Å²) in [7, 11) is 0. The minimum absolute atomic E-state index is 0.0699. The number of amides is 1. The van der Waals surface area contributed by atoms with E-state index in [-0.39, 0.29) is 11.9 Å². The first-order valence-electron chi connectivity index (χ1n) is 6.32. The van der Waals surface area contributed by atoms with Gasteiger partial charge in [-0.1, -0.05) is 10.4 Å². The van der Waals surface area contributed by atoms with Crippen molar-refractivity contribution in [1.29, 1.82) is 0 Å². The van der Waals surface area contributed by atoms with Crippen molar-refractivity contribution in [1.82, 2.24) is 25.1 Å². The van der Waals surface area contributed by atoms with Crippen molar-refractivity contribution in [2.75, 3.05) is 6.54 Å². The van der Waals surface area contributed by atoms with Crippen LogP contribution in [0.25, 0.3) is 0 Å².